The van der Waals surface area contributed by atoms with E-state index in [1.165, 1.54) is 25.1 Å². The van der Waals surface area contributed by atoms with E-state index in [1.54, 1.807) is 6.07 Å². The van der Waals surface area contributed by atoms with Crippen molar-refractivity contribution in [3.05, 3.63) is 60.2 Å². The number of anilines is 1. The monoisotopic (exact) mass is 297 g/mol. The zero-order valence-corrected chi connectivity index (χ0v) is 12.2. The van der Waals surface area contributed by atoms with Crippen LogP contribution in [0.3, 0.4) is 0 Å². The van der Waals surface area contributed by atoms with E-state index in [1.807, 2.05) is 18.2 Å². The van der Waals surface area contributed by atoms with Gasteiger partial charge in [0.1, 0.15) is 12.1 Å². The van der Waals surface area contributed by atoms with E-state index in [-0.39, 0.29) is 5.75 Å². The largest absolute Gasteiger partial charge is 0.494 e. The van der Waals surface area contributed by atoms with Crippen LogP contribution in [-0.2, 0) is 6.42 Å². The molecule has 4 nitrogen and oxygen atoms in total. The molecule has 0 amide bonds. The molecule has 0 unspecified atom stereocenters. The average Bonchev–Trinajstić information content (AvgIpc) is 2.55. The molecule has 0 aliphatic rings. The molecule has 3 aromatic rings. The van der Waals surface area contributed by atoms with E-state index >= 15 is 0 Å². The first-order valence-corrected chi connectivity index (χ1v) is 7.04. The lowest BCUT2D eigenvalue weighted by atomic mass is 10.1. The molecule has 5 heteroatoms. The molecule has 0 saturated carbocycles. The Hall–Kier alpha value is -2.69. The molecular formula is C17H16FN3O. The molecule has 0 saturated heterocycles. The maximum absolute atomic E-state index is 13.7. The molecule has 0 radical (unpaired) electrons. The van der Waals surface area contributed by atoms with Crippen molar-refractivity contribution < 1.29 is 9.13 Å². The molecule has 2 aromatic carbocycles. The fourth-order valence-electron chi connectivity index (χ4n) is 2.32. The van der Waals surface area contributed by atoms with Crippen LogP contribution in [0.2, 0.25) is 0 Å². The maximum atomic E-state index is 13.7. The number of ether oxygens (including phenoxy) is 1. The molecule has 0 aliphatic carbocycles. The van der Waals surface area contributed by atoms with Crippen LogP contribution in [0.15, 0.2) is 48.8 Å². The molecule has 1 N–H and O–H groups in total. The molecule has 0 spiro atoms. The number of nitrogens with zero attached hydrogens (tertiary/aromatic N) is 2. The maximum Gasteiger partial charge on any atom is 0.167 e. The topological polar surface area (TPSA) is 47.0 Å². The highest BCUT2D eigenvalue weighted by atomic mass is 19.1. The second-order valence-corrected chi connectivity index (χ2v) is 4.89. The van der Waals surface area contributed by atoms with E-state index in [9.17, 15) is 4.39 Å². The molecular weight excluding hydrogens is 281 g/mol. The minimum atomic E-state index is -0.427. The molecule has 0 fully saturated rings. The van der Waals surface area contributed by atoms with Gasteiger partial charge in [0.15, 0.2) is 11.6 Å². The molecule has 0 bridgehead atoms. The van der Waals surface area contributed by atoms with Gasteiger partial charge in [-0.1, -0.05) is 30.3 Å². The summed E-state index contributed by atoms with van der Waals surface area (Å²) in [5.74, 6) is 0.441. The third-order valence-corrected chi connectivity index (χ3v) is 3.46. The number of fused-ring (bicyclic) bond motifs is 1. The van der Waals surface area contributed by atoms with E-state index < -0.39 is 5.82 Å². The molecule has 3 rings (SSSR count). The fourth-order valence-corrected chi connectivity index (χ4v) is 2.32. The van der Waals surface area contributed by atoms with Crippen molar-refractivity contribution in [1.29, 1.82) is 0 Å². The van der Waals surface area contributed by atoms with Crippen LogP contribution in [-0.4, -0.2) is 23.6 Å². The van der Waals surface area contributed by atoms with Crippen LogP contribution in [0, 0.1) is 5.82 Å². The molecule has 0 atom stereocenters. The second-order valence-electron chi connectivity index (χ2n) is 4.89. The van der Waals surface area contributed by atoms with Gasteiger partial charge in [-0.15, -0.1) is 0 Å². The first-order chi connectivity index (χ1) is 10.8. The first kappa shape index (κ1) is 14.3. The van der Waals surface area contributed by atoms with Crippen LogP contribution in [0.1, 0.15) is 5.56 Å². The summed E-state index contributed by atoms with van der Waals surface area (Å²) in [6.07, 6.45) is 2.31. The molecule has 1 aromatic heterocycles. The predicted octanol–water partition coefficient (Wildman–Crippen LogP) is 3.43. The molecule has 0 aliphatic heterocycles. The van der Waals surface area contributed by atoms with Crippen molar-refractivity contribution in [3.63, 3.8) is 0 Å². The smallest absolute Gasteiger partial charge is 0.167 e. The normalized spacial score (nSPS) is 10.6. The number of methoxy groups -OCH3 is 1. The SMILES string of the molecule is COc1cc2c(NCCc3ccccc3)ncnc2cc1F. The summed E-state index contributed by atoms with van der Waals surface area (Å²) in [6.45, 7) is 0.732. The van der Waals surface area contributed by atoms with Crippen LogP contribution < -0.4 is 10.1 Å². The second kappa shape index (κ2) is 6.39. The van der Waals surface area contributed by atoms with E-state index in [4.69, 9.17) is 4.74 Å². The van der Waals surface area contributed by atoms with E-state index in [2.05, 4.69) is 27.4 Å². The Labute approximate surface area is 128 Å². The predicted molar refractivity (Wildman–Crippen MR) is 84.7 cm³/mol. The number of benzene rings is 2. The number of halogens is 1. The van der Waals surface area contributed by atoms with Crippen LogP contribution in [0.5, 0.6) is 5.75 Å². The van der Waals surface area contributed by atoms with Crippen LogP contribution >= 0.6 is 0 Å². The van der Waals surface area contributed by atoms with Gasteiger partial charge in [-0.25, -0.2) is 14.4 Å². The van der Waals surface area contributed by atoms with Gasteiger partial charge in [0.2, 0.25) is 0 Å². The Bertz CT molecular complexity index is 777. The van der Waals surface area contributed by atoms with Gasteiger partial charge in [0.05, 0.1) is 12.6 Å². The Morgan fingerprint density at radius 3 is 2.73 bits per heavy atom. The summed E-state index contributed by atoms with van der Waals surface area (Å²) in [5.41, 5.74) is 1.80. The van der Waals surface area contributed by atoms with Crippen LogP contribution in [0.25, 0.3) is 10.9 Å². The van der Waals surface area contributed by atoms with Gasteiger partial charge >= 0.3 is 0 Å². The highest BCUT2D eigenvalue weighted by molar-refractivity contribution is 5.90. The number of hydrogen-bond donors (Lipinski definition) is 1. The van der Waals surface area contributed by atoms with Crippen LogP contribution in [0.4, 0.5) is 10.2 Å². The van der Waals surface area contributed by atoms with Gasteiger partial charge in [0.25, 0.3) is 0 Å². The zero-order chi connectivity index (χ0) is 15.4. The lowest BCUT2D eigenvalue weighted by molar-refractivity contribution is 0.387. The van der Waals surface area contributed by atoms with Crippen molar-refractivity contribution >= 4 is 16.7 Å². The van der Waals surface area contributed by atoms with E-state index in [0.717, 1.165) is 18.4 Å². The van der Waals surface area contributed by atoms with Gasteiger partial charge in [-0.2, -0.15) is 0 Å². The van der Waals surface area contributed by atoms with Gasteiger partial charge in [-0.05, 0) is 18.1 Å². The van der Waals surface area contributed by atoms with Crippen molar-refractivity contribution in [2.75, 3.05) is 19.0 Å². The number of nitrogens with one attached hydrogen (secondary N) is 1. The fraction of sp³-hybridized carbons (Fsp3) is 0.176. The van der Waals surface area contributed by atoms with Crippen molar-refractivity contribution in [1.82, 2.24) is 9.97 Å². The Kier molecular flexibility index (Phi) is 4.14. The highest BCUT2D eigenvalue weighted by Gasteiger charge is 2.09. The highest BCUT2D eigenvalue weighted by Crippen LogP contribution is 2.27. The summed E-state index contributed by atoms with van der Waals surface area (Å²) in [6, 6.07) is 13.2. The quantitative estimate of drug-likeness (QED) is 0.783. The standard InChI is InChI=1S/C17H16FN3O/c1-22-16-9-13-15(10-14(16)18)20-11-21-17(13)19-8-7-12-5-3-2-4-6-12/h2-6,9-11H,7-8H2,1H3,(H,19,20,21). The Morgan fingerprint density at radius 2 is 1.95 bits per heavy atom. The van der Waals surface area contributed by atoms with Gasteiger partial charge in [-0.3, -0.25) is 0 Å². The van der Waals surface area contributed by atoms with Crippen molar-refractivity contribution in [3.8, 4) is 5.75 Å². The Morgan fingerprint density at radius 1 is 1.14 bits per heavy atom. The zero-order valence-electron chi connectivity index (χ0n) is 12.2. The number of rotatable bonds is 5. The minimum Gasteiger partial charge on any atom is -0.494 e. The lowest BCUT2D eigenvalue weighted by Gasteiger charge is -2.10. The van der Waals surface area contributed by atoms with Crippen molar-refractivity contribution in [2.45, 2.75) is 6.42 Å². The Balaban J connectivity index is 1.81. The van der Waals surface area contributed by atoms with Crippen molar-refractivity contribution in [2.24, 2.45) is 0 Å². The number of aromatic nitrogens is 2. The summed E-state index contributed by atoms with van der Waals surface area (Å²) < 4.78 is 18.7. The molecule has 22 heavy (non-hydrogen) atoms. The minimum absolute atomic E-state index is 0.188. The first-order valence-electron chi connectivity index (χ1n) is 7.04. The summed E-state index contributed by atoms with van der Waals surface area (Å²) in [7, 11) is 1.44. The summed E-state index contributed by atoms with van der Waals surface area (Å²) >= 11 is 0. The third kappa shape index (κ3) is 2.98. The summed E-state index contributed by atoms with van der Waals surface area (Å²) in [4.78, 5) is 8.34. The average molecular weight is 297 g/mol. The lowest BCUT2D eigenvalue weighted by Crippen LogP contribution is -2.07. The molecule has 112 valence electrons. The van der Waals surface area contributed by atoms with E-state index in [0.29, 0.717) is 11.3 Å². The van der Waals surface area contributed by atoms with Gasteiger partial charge < -0.3 is 10.1 Å². The third-order valence-electron chi connectivity index (χ3n) is 3.46. The number of hydrogen-bond acceptors (Lipinski definition) is 4. The molecule has 1 heterocycles. The summed E-state index contributed by atoms with van der Waals surface area (Å²) in [5, 5.41) is 4.02. The van der Waals surface area contributed by atoms with Gasteiger partial charge in [0, 0.05) is 18.0 Å².